The molecule has 2 aromatic carbocycles. The second-order valence-electron chi connectivity index (χ2n) is 8.99. The van der Waals surface area contributed by atoms with Gasteiger partial charge in [0.1, 0.15) is 6.04 Å². The lowest BCUT2D eigenvalue weighted by atomic mass is 10.0. The van der Waals surface area contributed by atoms with Crippen LogP contribution < -0.4 is 10.0 Å². The average molecular weight is 515 g/mol. The number of hydrogen-bond acceptors (Lipinski definition) is 7. The number of sulfonamides is 1. The molecule has 2 N–H and O–H groups in total. The normalized spacial score (nSPS) is 19.2. The zero-order chi connectivity index (χ0) is 26.0. The number of rotatable bonds is 6. The van der Waals surface area contributed by atoms with Gasteiger partial charge < -0.3 is 4.90 Å². The van der Waals surface area contributed by atoms with Gasteiger partial charge in [0.2, 0.25) is 15.9 Å². The highest BCUT2D eigenvalue weighted by Crippen LogP contribution is 2.32. The Morgan fingerprint density at radius 2 is 1.56 bits per heavy atom. The Hall–Kier alpha value is -3.64. The molecule has 1 saturated carbocycles. The topological polar surface area (TPSA) is 161 Å². The molecular formula is C24H26N4O7S. The van der Waals surface area contributed by atoms with Crippen molar-refractivity contribution in [3.63, 3.8) is 0 Å². The van der Waals surface area contributed by atoms with E-state index in [1.165, 1.54) is 53.4 Å². The highest BCUT2D eigenvalue weighted by Gasteiger charge is 2.46. The molecule has 11 nitrogen and oxygen atoms in total. The number of non-ortho nitro benzene ring substituents is 1. The summed E-state index contributed by atoms with van der Waals surface area (Å²) < 4.78 is 23.1. The predicted molar refractivity (Wildman–Crippen MR) is 129 cm³/mol. The summed E-state index contributed by atoms with van der Waals surface area (Å²) in [4.78, 5) is 52.9. The molecule has 3 amide bonds. The van der Waals surface area contributed by atoms with Gasteiger partial charge in [0.15, 0.2) is 0 Å². The third-order valence-electron chi connectivity index (χ3n) is 6.66. The Bertz CT molecular complexity index is 1280. The van der Waals surface area contributed by atoms with Crippen LogP contribution in [0.1, 0.15) is 55.3 Å². The second kappa shape index (κ2) is 10.2. The van der Waals surface area contributed by atoms with Crippen LogP contribution in [-0.2, 0) is 19.6 Å². The summed E-state index contributed by atoms with van der Waals surface area (Å²) in [7, 11) is -3.95. The number of hydrogen-bond donors (Lipinski definition) is 1. The molecule has 0 aromatic heterocycles. The quantitative estimate of drug-likeness (QED) is 0.268. The van der Waals surface area contributed by atoms with Crippen LogP contribution in [0.3, 0.4) is 0 Å². The fourth-order valence-corrected chi connectivity index (χ4v) is 5.38. The molecular weight excluding hydrogens is 488 g/mol. The molecule has 1 aliphatic heterocycles. The average Bonchev–Trinajstić information content (AvgIpc) is 3.00. The molecule has 1 saturated heterocycles. The number of carbonyl (C=O) groups excluding carboxylic acids is 3. The summed E-state index contributed by atoms with van der Waals surface area (Å²) in [6.45, 7) is 0. The largest absolute Gasteiger partial charge is 0.323 e. The Labute approximate surface area is 208 Å². The Morgan fingerprint density at radius 1 is 0.972 bits per heavy atom. The summed E-state index contributed by atoms with van der Waals surface area (Å²) in [5.41, 5.74) is 0.221. The Morgan fingerprint density at radius 3 is 2.08 bits per heavy atom. The molecule has 1 unspecified atom stereocenters. The summed E-state index contributed by atoms with van der Waals surface area (Å²) in [6, 6.07) is 8.96. The molecule has 2 fully saturated rings. The molecule has 2 aromatic rings. The summed E-state index contributed by atoms with van der Waals surface area (Å²) in [5, 5.41) is 16.1. The van der Waals surface area contributed by atoms with Crippen molar-refractivity contribution in [2.24, 2.45) is 5.14 Å². The summed E-state index contributed by atoms with van der Waals surface area (Å²) in [5.74, 6) is -1.55. The van der Waals surface area contributed by atoms with Gasteiger partial charge in [0, 0.05) is 23.7 Å². The number of nitrogens with zero attached hydrogens (tertiary/aromatic N) is 3. The molecule has 12 heteroatoms. The number of amides is 3. The summed E-state index contributed by atoms with van der Waals surface area (Å²) >= 11 is 0. The predicted octanol–water partition coefficient (Wildman–Crippen LogP) is 2.74. The van der Waals surface area contributed by atoms with Crippen molar-refractivity contribution in [2.45, 2.75) is 61.9 Å². The maximum atomic E-state index is 13.7. The molecule has 0 radical (unpaired) electrons. The van der Waals surface area contributed by atoms with Crippen LogP contribution in [0.25, 0.3) is 0 Å². The number of imide groups is 1. The molecule has 1 atom stereocenters. The van der Waals surface area contributed by atoms with E-state index in [1.807, 2.05) is 0 Å². The van der Waals surface area contributed by atoms with Gasteiger partial charge in [0.25, 0.3) is 17.5 Å². The third-order valence-corrected chi connectivity index (χ3v) is 7.59. The van der Waals surface area contributed by atoms with Crippen molar-refractivity contribution in [1.29, 1.82) is 0 Å². The van der Waals surface area contributed by atoms with Crippen LogP contribution in [-0.4, -0.2) is 48.0 Å². The molecule has 36 heavy (non-hydrogen) atoms. The van der Waals surface area contributed by atoms with E-state index in [9.17, 15) is 32.9 Å². The van der Waals surface area contributed by atoms with Crippen molar-refractivity contribution in [3.8, 4) is 0 Å². The SMILES string of the molecule is NS(=O)(=O)c1ccc(N2C(=O)CC(N(C(=O)c3ccc([N+](=O)[O-])cc3)C3CCCCCC3)C2=O)cc1. The number of nitro groups is 1. The van der Waals surface area contributed by atoms with E-state index in [-0.39, 0.29) is 34.3 Å². The smallest absolute Gasteiger partial charge is 0.269 e. The van der Waals surface area contributed by atoms with Crippen LogP contribution in [0.2, 0.25) is 0 Å². The molecule has 0 spiro atoms. The lowest BCUT2D eigenvalue weighted by Crippen LogP contribution is -2.50. The van der Waals surface area contributed by atoms with E-state index in [2.05, 4.69) is 0 Å². The molecule has 1 aliphatic carbocycles. The van der Waals surface area contributed by atoms with Crippen molar-refractivity contribution in [1.82, 2.24) is 4.90 Å². The number of nitrogens with two attached hydrogens (primary N) is 1. The van der Waals surface area contributed by atoms with Crippen LogP contribution >= 0.6 is 0 Å². The zero-order valence-electron chi connectivity index (χ0n) is 19.4. The summed E-state index contributed by atoms with van der Waals surface area (Å²) in [6.07, 6.45) is 4.92. The molecule has 190 valence electrons. The third kappa shape index (κ3) is 5.14. The van der Waals surface area contributed by atoms with E-state index in [1.54, 1.807) is 0 Å². The monoisotopic (exact) mass is 514 g/mol. The maximum Gasteiger partial charge on any atom is 0.269 e. The van der Waals surface area contributed by atoms with E-state index < -0.39 is 38.7 Å². The Balaban J connectivity index is 1.67. The first-order valence-electron chi connectivity index (χ1n) is 11.6. The Kier molecular flexibility index (Phi) is 7.18. The number of anilines is 1. The first-order chi connectivity index (χ1) is 17.1. The standard InChI is InChI=1S/C24H26N4O7S/c25-36(34,35)20-13-11-18(12-14-20)27-22(29)15-21(24(27)31)26(17-5-3-1-2-4-6-17)23(30)16-7-9-19(10-8-16)28(32)33/h7-14,17,21H,1-6,15H2,(H2,25,34,35). The fourth-order valence-electron chi connectivity index (χ4n) is 4.86. The minimum Gasteiger partial charge on any atom is -0.323 e. The van der Waals surface area contributed by atoms with Crippen LogP contribution in [0.15, 0.2) is 53.4 Å². The molecule has 2 aliphatic rings. The minimum atomic E-state index is -3.95. The van der Waals surface area contributed by atoms with Crippen LogP contribution in [0.4, 0.5) is 11.4 Å². The van der Waals surface area contributed by atoms with Gasteiger partial charge in [-0.15, -0.1) is 0 Å². The fraction of sp³-hybridized carbons (Fsp3) is 0.375. The zero-order valence-corrected chi connectivity index (χ0v) is 20.2. The van der Waals surface area contributed by atoms with E-state index in [0.717, 1.165) is 30.6 Å². The number of benzene rings is 2. The minimum absolute atomic E-state index is 0.157. The van der Waals surface area contributed by atoms with Gasteiger partial charge in [-0.25, -0.2) is 18.5 Å². The van der Waals surface area contributed by atoms with Gasteiger partial charge in [-0.1, -0.05) is 25.7 Å². The van der Waals surface area contributed by atoms with Crippen molar-refractivity contribution in [2.75, 3.05) is 4.90 Å². The highest BCUT2D eigenvalue weighted by atomic mass is 32.2. The number of primary sulfonamides is 1. The number of carbonyl (C=O) groups is 3. The van der Waals surface area contributed by atoms with E-state index >= 15 is 0 Å². The van der Waals surface area contributed by atoms with Gasteiger partial charge >= 0.3 is 0 Å². The maximum absolute atomic E-state index is 13.7. The highest BCUT2D eigenvalue weighted by molar-refractivity contribution is 7.89. The van der Waals surface area contributed by atoms with Gasteiger partial charge in [-0.05, 0) is 49.2 Å². The van der Waals surface area contributed by atoms with E-state index in [4.69, 9.17) is 5.14 Å². The van der Waals surface area contributed by atoms with Gasteiger partial charge in [-0.2, -0.15) is 0 Å². The number of nitro benzene ring substituents is 1. The van der Waals surface area contributed by atoms with Gasteiger partial charge in [-0.3, -0.25) is 24.5 Å². The lowest BCUT2D eigenvalue weighted by Gasteiger charge is -2.35. The van der Waals surface area contributed by atoms with Gasteiger partial charge in [0.05, 0.1) is 21.9 Å². The molecule has 1 heterocycles. The second-order valence-corrected chi connectivity index (χ2v) is 10.5. The van der Waals surface area contributed by atoms with Crippen molar-refractivity contribution in [3.05, 3.63) is 64.2 Å². The van der Waals surface area contributed by atoms with Crippen molar-refractivity contribution < 1.29 is 27.7 Å². The van der Waals surface area contributed by atoms with Crippen LogP contribution in [0.5, 0.6) is 0 Å². The molecule has 0 bridgehead atoms. The van der Waals surface area contributed by atoms with E-state index in [0.29, 0.717) is 12.8 Å². The van der Waals surface area contributed by atoms with Crippen molar-refractivity contribution >= 4 is 39.1 Å². The lowest BCUT2D eigenvalue weighted by molar-refractivity contribution is -0.384. The van der Waals surface area contributed by atoms with Crippen LogP contribution in [0, 0.1) is 10.1 Å². The first-order valence-corrected chi connectivity index (χ1v) is 13.2. The molecule has 4 rings (SSSR count). The first kappa shape index (κ1) is 25.5.